The van der Waals surface area contributed by atoms with Crippen molar-refractivity contribution in [1.29, 1.82) is 0 Å². The Bertz CT molecular complexity index is 1450. The zero-order chi connectivity index (χ0) is 33.7. The molecule has 3 aromatic carbocycles. The monoisotopic (exact) mass is 656 g/mol. The number of nitrogens with zero attached hydrogens (tertiary/aromatic N) is 2. The number of carbonyl (C=O) groups is 3. The highest BCUT2D eigenvalue weighted by Gasteiger charge is 2.38. The number of alkyl halides is 3. The largest absolute Gasteiger partial charge is 0.490 e. The highest BCUT2D eigenvalue weighted by atomic mass is 32.2. The summed E-state index contributed by atoms with van der Waals surface area (Å²) in [6, 6.07) is 16.4. The number of rotatable bonds is 13. The zero-order valence-corrected chi connectivity index (χ0v) is 25.6. The van der Waals surface area contributed by atoms with Crippen LogP contribution in [-0.4, -0.2) is 83.0 Å². The van der Waals surface area contributed by atoms with Gasteiger partial charge in [0.1, 0.15) is 18.9 Å². The maximum Gasteiger partial charge on any atom is 0.490 e. The van der Waals surface area contributed by atoms with Crippen LogP contribution in [0.5, 0.6) is 5.75 Å². The second-order valence-corrected chi connectivity index (χ2v) is 10.3. The predicted molar refractivity (Wildman–Crippen MR) is 159 cm³/mol. The molecule has 244 valence electrons. The number of likely N-dealkylation sites (N-methyl/N-ethyl adjacent to an activating group) is 1. The molecule has 3 aromatic rings. The lowest BCUT2D eigenvalue weighted by Gasteiger charge is -2.25. The van der Waals surface area contributed by atoms with E-state index in [9.17, 15) is 36.6 Å². The van der Waals surface area contributed by atoms with Gasteiger partial charge in [0.05, 0.1) is 0 Å². The van der Waals surface area contributed by atoms with Crippen molar-refractivity contribution in [2.75, 3.05) is 39.0 Å². The normalized spacial score (nSPS) is 11.0. The molecule has 0 aliphatic rings. The number of carboxylic acids is 2. The summed E-state index contributed by atoms with van der Waals surface area (Å²) in [5.74, 6) is -5.37. The second kappa shape index (κ2) is 17.4. The molecule has 0 saturated carbocycles. The smallest absolute Gasteiger partial charge is 0.489 e. The molecule has 0 atom stereocenters. The van der Waals surface area contributed by atoms with E-state index < -0.39 is 29.7 Å². The molecule has 0 heterocycles. The molecule has 3 rings (SSSR count). The number of aliphatic carboxylic acids is 2. The number of carbonyl (C=O) groups excluding carboxylic acids is 1. The molecular formula is C31H33F5N2O6S. The minimum absolute atomic E-state index is 0.195. The zero-order valence-electron chi connectivity index (χ0n) is 24.7. The highest BCUT2D eigenvalue weighted by Crippen LogP contribution is 2.33. The number of hydrogen-bond donors (Lipinski definition) is 2. The van der Waals surface area contributed by atoms with Crippen molar-refractivity contribution in [2.24, 2.45) is 0 Å². The fourth-order valence-electron chi connectivity index (χ4n) is 4.01. The van der Waals surface area contributed by atoms with E-state index in [1.165, 1.54) is 28.8 Å². The summed E-state index contributed by atoms with van der Waals surface area (Å²) in [5, 5.41) is 16.4. The molecular weight excluding hydrogens is 623 g/mol. The SMILES string of the molecule is CCN(CC)CCN(CC(=O)O)C(=O)c1cccc(COc2ccc(-c3cc(F)c(F)cc3SC)cc2)c1.O=C(O)C(F)(F)F. The first-order chi connectivity index (χ1) is 21.2. The molecule has 0 radical (unpaired) electrons. The van der Waals surface area contributed by atoms with Crippen LogP contribution in [-0.2, 0) is 16.2 Å². The van der Waals surface area contributed by atoms with Crippen LogP contribution in [0, 0.1) is 11.6 Å². The Morgan fingerprint density at radius 2 is 1.49 bits per heavy atom. The summed E-state index contributed by atoms with van der Waals surface area (Å²) in [6.07, 6.45) is -3.28. The van der Waals surface area contributed by atoms with E-state index in [-0.39, 0.29) is 19.1 Å². The first kappa shape index (κ1) is 37.0. The summed E-state index contributed by atoms with van der Waals surface area (Å²) in [7, 11) is 0. The number of amides is 1. The predicted octanol–water partition coefficient (Wildman–Crippen LogP) is 6.43. The van der Waals surface area contributed by atoms with Crippen LogP contribution in [0.1, 0.15) is 29.8 Å². The average molecular weight is 657 g/mol. The molecule has 1 amide bonds. The third-order valence-electron chi connectivity index (χ3n) is 6.42. The topological polar surface area (TPSA) is 107 Å². The van der Waals surface area contributed by atoms with Crippen LogP contribution in [0.3, 0.4) is 0 Å². The van der Waals surface area contributed by atoms with E-state index in [1.807, 2.05) is 19.9 Å². The van der Waals surface area contributed by atoms with E-state index in [0.29, 0.717) is 34.9 Å². The molecule has 8 nitrogen and oxygen atoms in total. The minimum Gasteiger partial charge on any atom is -0.489 e. The maximum atomic E-state index is 13.8. The van der Waals surface area contributed by atoms with Crippen molar-refractivity contribution >= 4 is 29.6 Å². The van der Waals surface area contributed by atoms with E-state index in [4.69, 9.17) is 14.6 Å². The van der Waals surface area contributed by atoms with Gasteiger partial charge in [-0.05, 0) is 72.4 Å². The Morgan fingerprint density at radius 1 is 0.889 bits per heavy atom. The van der Waals surface area contributed by atoms with Gasteiger partial charge in [0.2, 0.25) is 0 Å². The quantitative estimate of drug-likeness (QED) is 0.160. The lowest BCUT2D eigenvalue weighted by molar-refractivity contribution is -0.192. The van der Waals surface area contributed by atoms with Crippen molar-refractivity contribution in [1.82, 2.24) is 9.80 Å². The molecule has 2 N–H and O–H groups in total. The Labute approximate surface area is 261 Å². The summed E-state index contributed by atoms with van der Waals surface area (Å²) in [6.45, 7) is 6.41. The summed E-state index contributed by atoms with van der Waals surface area (Å²) >= 11 is 1.34. The Kier molecular flexibility index (Phi) is 14.3. The van der Waals surface area contributed by atoms with Crippen molar-refractivity contribution in [3.63, 3.8) is 0 Å². The standard InChI is InChI=1S/C29H32F2N2O4S.C2HF3O2/c1-4-32(5-2)13-14-33(18-28(34)35)29(36)22-8-6-7-20(15-22)19-37-23-11-9-21(10-12-23)24-16-25(30)26(31)17-27(24)38-3;3-2(4,5)1(6)7/h6-12,15-17H,4-5,13-14,18-19H2,1-3H3,(H,34,35);(H,6,7). The number of benzene rings is 3. The van der Waals surface area contributed by atoms with Gasteiger partial charge < -0.3 is 24.7 Å². The highest BCUT2D eigenvalue weighted by molar-refractivity contribution is 7.98. The maximum absolute atomic E-state index is 13.8. The molecule has 0 bridgehead atoms. The number of thioether (sulfide) groups is 1. The molecule has 0 aromatic heterocycles. The Morgan fingerprint density at radius 3 is 2.02 bits per heavy atom. The van der Waals surface area contributed by atoms with Crippen molar-refractivity contribution in [3.05, 3.63) is 83.4 Å². The molecule has 0 fully saturated rings. The van der Waals surface area contributed by atoms with Crippen LogP contribution >= 0.6 is 11.8 Å². The van der Waals surface area contributed by atoms with Crippen molar-refractivity contribution in [3.8, 4) is 16.9 Å². The van der Waals surface area contributed by atoms with E-state index >= 15 is 0 Å². The lowest BCUT2D eigenvalue weighted by Crippen LogP contribution is -2.41. The molecule has 45 heavy (non-hydrogen) atoms. The van der Waals surface area contributed by atoms with Gasteiger partial charge in [-0.25, -0.2) is 13.6 Å². The van der Waals surface area contributed by atoms with Crippen molar-refractivity contribution in [2.45, 2.75) is 31.5 Å². The van der Waals surface area contributed by atoms with Crippen molar-refractivity contribution < 1.29 is 51.3 Å². The molecule has 0 unspecified atom stereocenters. The number of halogens is 5. The number of carboxylic acid groups (broad SMARTS) is 2. The summed E-state index contributed by atoms with van der Waals surface area (Å²) in [5.41, 5.74) is 2.48. The lowest BCUT2D eigenvalue weighted by atomic mass is 10.1. The molecule has 0 aliphatic carbocycles. The van der Waals surface area contributed by atoms with Crippen LogP contribution in [0.25, 0.3) is 11.1 Å². The Hall–Kier alpha value is -4.17. The van der Waals surface area contributed by atoms with E-state index in [2.05, 4.69) is 4.90 Å². The number of hydrogen-bond acceptors (Lipinski definition) is 6. The van der Waals surface area contributed by atoms with Gasteiger partial charge in [-0.15, -0.1) is 11.8 Å². The van der Waals surface area contributed by atoms with Crippen LogP contribution in [0.2, 0.25) is 0 Å². The van der Waals surface area contributed by atoms with Gasteiger partial charge in [0.15, 0.2) is 11.6 Å². The fourth-order valence-corrected chi connectivity index (χ4v) is 4.63. The van der Waals surface area contributed by atoms with E-state index in [1.54, 1.807) is 48.7 Å². The van der Waals surface area contributed by atoms with Crippen LogP contribution < -0.4 is 4.74 Å². The van der Waals surface area contributed by atoms with Gasteiger partial charge in [-0.1, -0.05) is 38.1 Å². The summed E-state index contributed by atoms with van der Waals surface area (Å²) in [4.78, 5) is 37.5. The summed E-state index contributed by atoms with van der Waals surface area (Å²) < 4.78 is 65.0. The third-order valence-corrected chi connectivity index (χ3v) is 7.20. The number of ether oxygens (including phenoxy) is 1. The fraction of sp³-hybridized carbons (Fsp3) is 0.323. The van der Waals surface area contributed by atoms with Crippen LogP contribution in [0.4, 0.5) is 22.0 Å². The first-order valence-corrected chi connectivity index (χ1v) is 14.8. The third kappa shape index (κ3) is 11.7. The molecule has 0 saturated heterocycles. The van der Waals surface area contributed by atoms with Gasteiger partial charge in [0, 0.05) is 23.5 Å². The van der Waals surface area contributed by atoms with Crippen LogP contribution in [0.15, 0.2) is 65.6 Å². The van der Waals surface area contributed by atoms with Gasteiger partial charge in [-0.2, -0.15) is 13.2 Å². The van der Waals surface area contributed by atoms with Gasteiger partial charge >= 0.3 is 18.1 Å². The molecule has 0 aliphatic heterocycles. The second-order valence-electron chi connectivity index (χ2n) is 9.43. The van der Waals surface area contributed by atoms with Gasteiger partial charge in [0.25, 0.3) is 5.91 Å². The minimum atomic E-state index is -5.08. The Balaban J connectivity index is 0.000000900. The van der Waals surface area contributed by atoms with E-state index in [0.717, 1.165) is 24.2 Å². The average Bonchev–Trinajstić information content (AvgIpc) is 3.00. The van der Waals surface area contributed by atoms with Gasteiger partial charge in [-0.3, -0.25) is 9.59 Å². The first-order valence-electron chi connectivity index (χ1n) is 13.6. The molecule has 0 spiro atoms. The molecule has 14 heteroatoms.